The Morgan fingerprint density at radius 3 is 2.33 bits per heavy atom. The summed E-state index contributed by atoms with van der Waals surface area (Å²) in [6.07, 6.45) is -5.67. The second kappa shape index (κ2) is 5.98. The third kappa shape index (κ3) is 5.31. The number of carbonyl (C=O) groups is 1. The van der Waals surface area contributed by atoms with Crippen LogP contribution in [-0.4, -0.2) is 39.0 Å². The summed E-state index contributed by atoms with van der Waals surface area (Å²) in [5.74, 6) is -1.97. The Labute approximate surface area is 118 Å². The fourth-order valence-electron chi connectivity index (χ4n) is 1.47. The summed E-state index contributed by atoms with van der Waals surface area (Å²) < 4.78 is 71.8. The van der Waals surface area contributed by atoms with E-state index in [0.29, 0.717) is 6.07 Å². The molecule has 0 bridgehead atoms. The number of benzene rings is 1. The van der Waals surface area contributed by atoms with Crippen molar-refractivity contribution in [2.45, 2.75) is 17.5 Å². The van der Waals surface area contributed by atoms with Gasteiger partial charge in [0.05, 0.1) is 11.3 Å². The molecule has 0 aliphatic heterocycles. The van der Waals surface area contributed by atoms with Crippen LogP contribution in [0.1, 0.15) is 16.8 Å². The van der Waals surface area contributed by atoms with Gasteiger partial charge in [-0.15, -0.1) is 0 Å². The number of hydrogen-bond acceptors (Lipinski definition) is 3. The number of amides is 1. The molecule has 0 aliphatic carbocycles. The van der Waals surface area contributed by atoms with E-state index in [-0.39, 0.29) is 0 Å². The molecule has 0 saturated heterocycles. The number of nitrogens with zero attached hydrogens (tertiary/aromatic N) is 1. The Morgan fingerprint density at radius 2 is 1.86 bits per heavy atom. The van der Waals surface area contributed by atoms with E-state index < -0.39 is 51.3 Å². The first-order chi connectivity index (χ1) is 9.40. The van der Waals surface area contributed by atoms with Gasteiger partial charge in [-0.05, 0) is 18.2 Å². The molecule has 0 aliphatic rings. The fraction of sp³-hybridized carbons (Fsp3) is 0.364. The largest absolute Gasteiger partial charge is 0.390 e. The molecule has 0 atom stereocenters. The van der Waals surface area contributed by atoms with Crippen molar-refractivity contribution >= 4 is 15.9 Å². The molecule has 0 fully saturated rings. The SMILES string of the molecule is CN(CCC(F)(F)F)C(=O)c1cc(F)cc(S(N)(=O)=O)c1. The van der Waals surface area contributed by atoms with Crippen molar-refractivity contribution in [3.63, 3.8) is 0 Å². The van der Waals surface area contributed by atoms with Crippen molar-refractivity contribution in [2.24, 2.45) is 5.14 Å². The van der Waals surface area contributed by atoms with Crippen LogP contribution >= 0.6 is 0 Å². The smallest absolute Gasteiger partial charge is 0.341 e. The standard InChI is InChI=1S/C11H12F4N2O3S/c1-17(3-2-11(13,14)15)10(18)7-4-8(12)6-9(5-7)21(16,19)20/h4-6H,2-3H2,1H3,(H2,16,19,20). The summed E-state index contributed by atoms with van der Waals surface area (Å²) >= 11 is 0. The van der Waals surface area contributed by atoms with Gasteiger partial charge in [-0.25, -0.2) is 17.9 Å². The molecule has 0 heterocycles. The highest BCUT2D eigenvalue weighted by molar-refractivity contribution is 7.89. The molecule has 5 nitrogen and oxygen atoms in total. The van der Waals surface area contributed by atoms with Gasteiger partial charge in [0.25, 0.3) is 5.91 Å². The highest BCUT2D eigenvalue weighted by atomic mass is 32.2. The second-order valence-electron chi connectivity index (χ2n) is 4.31. The normalized spacial score (nSPS) is 12.3. The molecular weight excluding hydrogens is 316 g/mol. The van der Waals surface area contributed by atoms with Crippen LogP contribution < -0.4 is 5.14 Å². The second-order valence-corrected chi connectivity index (χ2v) is 5.87. The van der Waals surface area contributed by atoms with Gasteiger partial charge in [-0.2, -0.15) is 13.2 Å². The Hall–Kier alpha value is -1.68. The van der Waals surface area contributed by atoms with Crippen molar-refractivity contribution < 1.29 is 30.8 Å². The minimum Gasteiger partial charge on any atom is -0.341 e. The predicted molar refractivity (Wildman–Crippen MR) is 65.4 cm³/mol. The molecule has 1 aromatic rings. The summed E-state index contributed by atoms with van der Waals surface area (Å²) in [5.41, 5.74) is -0.399. The average molecular weight is 328 g/mol. The van der Waals surface area contributed by atoms with E-state index >= 15 is 0 Å². The molecule has 1 amide bonds. The number of hydrogen-bond donors (Lipinski definition) is 1. The highest BCUT2D eigenvalue weighted by Crippen LogP contribution is 2.20. The van der Waals surface area contributed by atoms with Crippen LogP contribution in [0.3, 0.4) is 0 Å². The van der Waals surface area contributed by atoms with Crippen molar-refractivity contribution in [1.82, 2.24) is 4.90 Å². The first-order valence-electron chi connectivity index (χ1n) is 5.56. The maximum absolute atomic E-state index is 13.3. The van der Waals surface area contributed by atoms with Crippen LogP contribution in [0.4, 0.5) is 17.6 Å². The number of halogens is 4. The first kappa shape index (κ1) is 17.4. The third-order valence-corrected chi connectivity index (χ3v) is 3.42. The molecule has 1 aromatic carbocycles. The lowest BCUT2D eigenvalue weighted by molar-refractivity contribution is -0.136. The van der Waals surface area contributed by atoms with Gasteiger partial charge in [0.15, 0.2) is 0 Å². The summed E-state index contributed by atoms with van der Waals surface area (Å²) in [6.45, 7) is -0.635. The number of rotatable bonds is 4. The van der Waals surface area contributed by atoms with Crippen LogP contribution in [0.25, 0.3) is 0 Å². The van der Waals surface area contributed by atoms with E-state index in [0.717, 1.165) is 24.1 Å². The van der Waals surface area contributed by atoms with Crippen molar-refractivity contribution in [1.29, 1.82) is 0 Å². The molecule has 1 rings (SSSR count). The number of nitrogens with two attached hydrogens (primary N) is 1. The van der Waals surface area contributed by atoms with Crippen LogP contribution in [0.15, 0.2) is 23.1 Å². The summed E-state index contributed by atoms with van der Waals surface area (Å²) in [5, 5.41) is 4.82. The topological polar surface area (TPSA) is 80.5 Å². The third-order valence-electron chi connectivity index (χ3n) is 2.52. The molecule has 118 valence electrons. The number of alkyl halides is 3. The van der Waals surface area contributed by atoms with Crippen LogP contribution in [0.2, 0.25) is 0 Å². The van der Waals surface area contributed by atoms with E-state index in [1.54, 1.807) is 0 Å². The lowest BCUT2D eigenvalue weighted by atomic mass is 10.2. The fourth-order valence-corrected chi connectivity index (χ4v) is 2.03. The first-order valence-corrected chi connectivity index (χ1v) is 7.10. The van der Waals surface area contributed by atoms with Crippen LogP contribution in [0, 0.1) is 5.82 Å². The maximum Gasteiger partial charge on any atom is 0.390 e. The Kier molecular flexibility index (Phi) is 4.95. The molecule has 21 heavy (non-hydrogen) atoms. The molecule has 0 saturated carbocycles. The minimum absolute atomic E-state index is 0.399. The van der Waals surface area contributed by atoms with Gasteiger partial charge >= 0.3 is 6.18 Å². The van der Waals surface area contributed by atoms with Gasteiger partial charge in [0.2, 0.25) is 10.0 Å². The predicted octanol–water partition coefficient (Wildman–Crippen LogP) is 1.50. The number of primary sulfonamides is 1. The Bertz CT molecular complexity index is 643. The Balaban J connectivity index is 3.00. The lowest BCUT2D eigenvalue weighted by Gasteiger charge is -2.18. The van der Waals surface area contributed by atoms with Crippen molar-refractivity contribution in [3.8, 4) is 0 Å². The molecule has 0 aromatic heterocycles. The Morgan fingerprint density at radius 1 is 1.29 bits per heavy atom. The summed E-state index contributed by atoms with van der Waals surface area (Å²) in [7, 11) is -3.14. The monoisotopic (exact) mass is 328 g/mol. The van der Waals surface area contributed by atoms with E-state index in [9.17, 15) is 30.8 Å². The van der Waals surface area contributed by atoms with E-state index in [4.69, 9.17) is 5.14 Å². The van der Waals surface area contributed by atoms with E-state index in [2.05, 4.69) is 0 Å². The van der Waals surface area contributed by atoms with Gasteiger partial charge in [0, 0.05) is 19.2 Å². The minimum atomic E-state index is -4.44. The van der Waals surface area contributed by atoms with Gasteiger partial charge in [0.1, 0.15) is 5.82 Å². The molecule has 0 radical (unpaired) electrons. The zero-order chi connectivity index (χ0) is 16.4. The van der Waals surface area contributed by atoms with Crippen molar-refractivity contribution in [2.75, 3.05) is 13.6 Å². The zero-order valence-electron chi connectivity index (χ0n) is 10.8. The van der Waals surface area contributed by atoms with Gasteiger partial charge in [-0.3, -0.25) is 4.79 Å². The summed E-state index contributed by atoms with van der Waals surface area (Å²) in [4.78, 5) is 11.9. The lowest BCUT2D eigenvalue weighted by Crippen LogP contribution is -2.30. The average Bonchev–Trinajstić information content (AvgIpc) is 2.32. The molecule has 2 N–H and O–H groups in total. The van der Waals surface area contributed by atoms with Gasteiger partial charge in [-0.1, -0.05) is 0 Å². The molecule has 0 spiro atoms. The summed E-state index contributed by atoms with van der Waals surface area (Å²) in [6, 6.07) is 2.15. The van der Waals surface area contributed by atoms with E-state index in [1.807, 2.05) is 0 Å². The molecular formula is C11H12F4N2O3S. The van der Waals surface area contributed by atoms with E-state index in [1.165, 1.54) is 0 Å². The van der Waals surface area contributed by atoms with Gasteiger partial charge < -0.3 is 4.90 Å². The number of carbonyl (C=O) groups excluding carboxylic acids is 1. The zero-order valence-corrected chi connectivity index (χ0v) is 11.6. The number of sulfonamides is 1. The quantitative estimate of drug-likeness (QED) is 0.851. The van der Waals surface area contributed by atoms with Crippen LogP contribution in [-0.2, 0) is 10.0 Å². The highest BCUT2D eigenvalue weighted by Gasteiger charge is 2.28. The molecule has 10 heteroatoms. The van der Waals surface area contributed by atoms with Crippen molar-refractivity contribution in [3.05, 3.63) is 29.6 Å². The van der Waals surface area contributed by atoms with Crippen LogP contribution in [0.5, 0.6) is 0 Å². The molecule has 0 unspecified atom stereocenters. The maximum atomic E-state index is 13.3.